The molecule has 2 aliphatic rings. The highest BCUT2D eigenvalue weighted by molar-refractivity contribution is 6.74. The van der Waals surface area contributed by atoms with Gasteiger partial charge in [0, 0.05) is 12.5 Å². The molecule has 0 bridgehead atoms. The van der Waals surface area contributed by atoms with Crippen molar-refractivity contribution in [3.8, 4) is 12.3 Å². The third-order valence-electron chi connectivity index (χ3n) is 7.39. The normalized spacial score (nSPS) is 29.2. The van der Waals surface area contributed by atoms with E-state index in [1.807, 2.05) is 0 Å². The molecule has 2 saturated heterocycles. The second-order valence-electron chi connectivity index (χ2n) is 8.50. The Hall–Kier alpha value is -0.586. The van der Waals surface area contributed by atoms with Gasteiger partial charge in [0.05, 0.1) is 6.61 Å². The van der Waals surface area contributed by atoms with Crippen molar-refractivity contribution < 1.29 is 18.3 Å². The lowest BCUT2D eigenvalue weighted by molar-refractivity contribution is -0.253. The number of terminal acetylenes is 1. The first kappa shape index (κ1) is 24.7. The molecule has 4 nitrogen and oxygen atoms in total. The van der Waals surface area contributed by atoms with E-state index in [1.54, 1.807) is 6.08 Å². The summed E-state index contributed by atoms with van der Waals surface area (Å²) in [6, 6.07) is 6.51. The van der Waals surface area contributed by atoms with E-state index in [2.05, 4.69) is 47.5 Å². The van der Waals surface area contributed by atoms with Gasteiger partial charge in [0.2, 0.25) is 5.79 Å². The molecule has 2 aliphatic heterocycles. The van der Waals surface area contributed by atoms with Gasteiger partial charge in [0.25, 0.3) is 0 Å². The molecule has 1 spiro atoms. The number of rotatable bonds is 10. The van der Waals surface area contributed by atoms with Crippen molar-refractivity contribution in [1.82, 2.24) is 0 Å². The van der Waals surface area contributed by atoms with E-state index in [1.165, 1.54) is 0 Å². The summed E-state index contributed by atoms with van der Waals surface area (Å²) in [7, 11) is -3.79. The topological polar surface area (TPSA) is 36.9 Å². The zero-order valence-corrected chi connectivity index (χ0v) is 21.5. The molecule has 2 heterocycles. The fourth-order valence-electron chi connectivity index (χ4n) is 4.79. The van der Waals surface area contributed by atoms with Crippen LogP contribution in [0.15, 0.2) is 11.8 Å². The minimum Gasteiger partial charge on any atom is -0.460 e. The van der Waals surface area contributed by atoms with Crippen molar-refractivity contribution in [3.05, 3.63) is 11.8 Å². The fourth-order valence-corrected chi connectivity index (χ4v) is 10.4. The number of allylic oxidation sites excluding steroid dienone is 1. The Kier molecular flexibility index (Phi) is 9.05. The van der Waals surface area contributed by atoms with Gasteiger partial charge < -0.3 is 18.3 Å². The minimum atomic E-state index is -1.90. The van der Waals surface area contributed by atoms with Crippen molar-refractivity contribution in [2.24, 2.45) is 0 Å². The van der Waals surface area contributed by atoms with Gasteiger partial charge in [-0.15, -0.1) is 6.42 Å². The Morgan fingerprint density at radius 2 is 1.52 bits per heavy atom. The van der Waals surface area contributed by atoms with Gasteiger partial charge in [-0.1, -0.05) is 47.5 Å². The molecule has 0 amide bonds. The summed E-state index contributed by atoms with van der Waals surface area (Å²) in [5, 5.41) is 0. The van der Waals surface area contributed by atoms with Crippen molar-refractivity contribution in [2.75, 3.05) is 6.61 Å². The summed E-state index contributed by atoms with van der Waals surface area (Å²) < 4.78 is 26.9. The van der Waals surface area contributed by atoms with E-state index in [9.17, 15) is 0 Å². The van der Waals surface area contributed by atoms with Gasteiger partial charge in [-0.25, -0.2) is 0 Å². The highest BCUT2D eigenvalue weighted by atomic mass is 28.4. The van der Waals surface area contributed by atoms with Crippen LogP contribution in [0, 0.1) is 12.3 Å². The zero-order valence-electron chi connectivity index (χ0n) is 19.5. The maximum absolute atomic E-state index is 7.09. The number of ether oxygens (including phenoxy) is 2. The van der Waals surface area contributed by atoms with Crippen LogP contribution in [0.25, 0.3) is 0 Å². The molecule has 0 saturated carbocycles. The first-order valence-electron chi connectivity index (χ1n) is 11.8. The molecule has 2 rings (SSSR count). The van der Waals surface area contributed by atoms with Crippen LogP contribution in [0.1, 0.15) is 60.8 Å². The van der Waals surface area contributed by atoms with E-state index in [4.69, 9.17) is 24.7 Å². The molecular weight excluding hydrogens is 396 g/mol. The molecule has 0 radical (unpaired) electrons. The van der Waals surface area contributed by atoms with Crippen molar-refractivity contribution in [3.63, 3.8) is 0 Å². The standard InChI is InChI=1S/C23H42O4Si2/c1-8-17-20-21(26-28(9-2,10-3)11-4)22(27-29(12-5,13-6)14-7)23(25-20)18-15-16-19-24-23/h1,17,21-22H,9-16,18-19H2,2-7H3/b20-17-/t21-,22+,23+/m0/s1. The van der Waals surface area contributed by atoms with Crippen LogP contribution in [0.3, 0.4) is 0 Å². The molecule has 0 aromatic heterocycles. The molecule has 166 valence electrons. The molecule has 29 heavy (non-hydrogen) atoms. The summed E-state index contributed by atoms with van der Waals surface area (Å²) in [4.78, 5) is 0. The summed E-state index contributed by atoms with van der Waals surface area (Å²) >= 11 is 0. The summed E-state index contributed by atoms with van der Waals surface area (Å²) in [5.41, 5.74) is 0. The molecule has 0 aliphatic carbocycles. The van der Waals surface area contributed by atoms with Gasteiger partial charge in [-0.2, -0.15) is 0 Å². The Balaban J connectivity index is 2.51. The van der Waals surface area contributed by atoms with Crippen LogP contribution in [0.5, 0.6) is 0 Å². The van der Waals surface area contributed by atoms with E-state index in [-0.39, 0.29) is 12.2 Å². The number of hydrogen-bond donors (Lipinski definition) is 0. The Morgan fingerprint density at radius 3 is 1.97 bits per heavy atom. The predicted octanol–water partition coefficient (Wildman–Crippen LogP) is 6.21. The van der Waals surface area contributed by atoms with E-state index < -0.39 is 22.4 Å². The summed E-state index contributed by atoms with van der Waals surface area (Å²) in [6.07, 6.45) is 9.90. The summed E-state index contributed by atoms with van der Waals surface area (Å²) in [6.45, 7) is 14.3. The van der Waals surface area contributed by atoms with Crippen LogP contribution in [0.4, 0.5) is 0 Å². The molecule has 0 N–H and O–H groups in total. The summed E-state index contributed by atoms with van der Waals surface area (Å²) in [5.74, 6) is 2.66. The average Bonchev–Trinajstić information content (AvgIpc) is 3.02. The van der Waals surface area contributed by atoms with Gasteiger partial charge in [-0.3, -0.25) is 0 Å². The minimum absolute atomic E-state index is 0.231. The number of hydrogen-bond acceptors (Lipinski definition) is 4. The molecule has 3 atom stereocenters. The third-order valence-corrected chi connectivity index (χ3v) is 16.6. The quantitative estimate of drug-likeness (QED) is 0.300. The lowest BCUT2D eigenvalue weighted by atomic mass is 9.98. The Bertz CT molecular complexity index is 568. The lowest BCUT2D eigenvalue weighted by Crippen LogP contribution is -2.56. The second kappa shape index (κ2) is 10.6. The van der Waals surface area contributed by atoms with Crippen LogP contribution in [0.2, 0.25) is 36.3 Å². The molecule has 2 fully saturated rings. The van der Waals surface area contributed by atoms with E-state index in [0.29, 0.717) is 6.61 Å². The molecule has 0 unspecified atom stereocenters. The van der Waals surface area contributed by atoms with Gasteiger partial charge in [-0.05, 0) is 49.1 Å². The fraction of sp³-hybridized carbons (Fsp3) is 0.826. The first-order chi connectivity index (χ1) is 13.9. The van der Waals surface area contributed by atoms with E-state index >= 15 is 0 Å². The maximum Gasteiger partial charge on any atom is 0.238 e. The van der Waals surface area contributed by atoms with Gasteiger partial charge in [0.15, 0.2) is 16.6 Å². The smallest absolute Gasteiger partial charge is 0.238 e. The van der Waals surface area contributed by atoms with Crippen LogP contribution < -0.4 is 0 Å². The second-order valence-corrected chi connectivity index (χ2v) is 17.9. The molecule has 0 aromatic carbocycles. The Labute approximate surface area is 181 Å². The highest BCUT2D eigenvalue weighted by Crippen LogP contribution is 2.47. The van der Waals surface area contributed by atoms with Crippen molar-refractivity contribution in [2.45, 2.75) is 115 Å². The lowest BCUT2D eigenvalue weighted by Gasteiger charge is -2.43. The third kappa shape index (κ3) is 5.02. The first-order valence-corrected chi connectivity index (χ1v) is 16.8. The van der Waals surface area contributed by atoms with Gasteiger partial charge in [0.1, 0.15) is 18.0 Å². The van der Waals surface area contributed by atoms with Crippen LogP contribution in [-0.2, 0) is 18.3 Å². The predicted molar refractivity (Wildman–Crippen MR) is 125 cm³/mol. The average molecular weight is 439 g/mol. The van der Waals surface area contributed by atoms with Crippen LogP contribution in [-0.4, -0.2) is 41.2 Å². The van der Waals surface area contributed by atoms with E-state index in [0.717, 1.165) is 61.3 Å². The molecular formula is C23H42O4Si2. The van der Waals surface area contributed by atoms with Gasteiger partial charge >= 0.3 is 0 Å². The SMILES string of the molecule is C#C/C=C1\O[C@]2(CCCCO2)[C@H](O[Si](CC)(CC)CC)[C@H]1O[Si](CC)(CC)CC. The van der Waals surface area contributed by atoms with Crippen LogP contribution >= 0.6 is 0 Å². The molecule has 0 aromatic rings. The Morgan fingerprint density at radius 1 is 0.966 bits per heavy atom. The maximum atomic E-state index is 7.09. The van der Waals surface area contributed by atoms with Crippen molar-refractivity contribution >= 4 is 16.6 Å². The van der Waals surface area contributed by atoms with Crippen molar-refractivity contribution in [1.29, 1.82) is 0 Å². The zero-order chi connectivity index (χ0) is 21.5. The molecule has 6 heteroatoms. The monoisotopic (exact) mass is 438 g/mol. The highest BCUT2D eigenvalue weighted by Gasteiger charge is 2.59. The largest absolute Gasteiger partial charge is 0.460 e.